The van der Waals surface area contributed by atoms with Crippen LogP contribution in [0.3, 0.4) is 0 Å². The molecule has 0 spiro atoms. The van der Waals surface area contributed by atoms with Gasteiger partial charge in [-0.25, -0.2) is 4.79 Å². The smallest absolute Gasteiger partial charge is 0.336 e. The van der Waals surface area contributed by atoms with Crippen molar-refractivity contribution in [3.05, 3.63) is 0 Å². The topological polar surface area (TPSA) is 77.3 Å². The Kier molecular flexibility index (Phi) is 3.03. The molecule has 6 nitrogen and oxygen atoms in total. The predicted octanol–water partition coefficient (Wildman–Crippen LogP) is 0.952. The Morgan fingerprint density at radius 3 is 2.06 bits per heavy atom. The van der Waals surface area contributed by atoms with Crippen molar-refractivity contribution in [1.82, 2.24) is 0 Å². The number of azo groups is 1. The number of carbonyl (C=O) groups excluding carboxylic acids is 2. The molecule has 1 heterocycles. The lowest BCUT2D eigenvalue weighted by molar-refractivity contribution is -0.165. The summed E-state index contributed by atoms with van der Waals surface area (Å²) in [4.78, 5) is 23.6. The summed E-state index contributed by atoms with van der Waals surface area (Å²) < 4.78 is 9.41. The zero-order chi connectivity index (χ0) is 12.6. The molecule has 1 aliphatic heterocycles. The molecule has 3 atom stereocenters. The van der Waals surface area contributed by atoms with Crippen molar-refractivity contribution in [2.24, 2.45) is 15.6 Å². The number of carbonyl (C=O) groups is 2. The van der Waals surface area contributed by atoms with Crippen molar-refractivity contribution >= 4 is 11.9 Å². The number of nitrogens with zero attached hydrogens (tertiary/aromatic N) is 2. The predicted molar refractivity (Wildman–Crippen MR) is 54.9 cm³/mol. The highest BCUT2D eigenvalue weighted by molar-refractivity contribution is 5.92. The summed E-state index contributed by atoms with van der Waals surface area (Å²) in [5.74, 6) is -1.11. The van der Waals surface area contributed by atoms with E-state index in [1.165, 1.54) is 21.1 Å². The summed E-state index contributed by atoms with van der Waals surface area (Å²) in [6.07, 6.45) is 0. The van der Waals surface area contributed by atoms with Gasteiger partial charge in [0.2, 0.25) is 0 Å². The number of ether oxygens (including phenoxy) is 2. The van der Waals surface area contributed by atoms with E-state index >= 15 is 0 Å². The van der Waals surface area contributed by atoms with Crippen molar-refractivity contribution in [2.75, 3.05) is 14.2 Å². The molecule has 6 heteroatoms. The summed E-state index contributed by atoms with van der Waals surface area (Å²) >= 11 is 0. The number of methoxy groups -OCH3 is 2. The quantitative estimate of drug-likeness (QED) is 0.659. The Morgan fingerprint density at radius 1 is 1.12 bits per heavy atom. The van der Waals surface area contributed by atoms with E-state index in [4.69, 9.17) is 4.74 Å². The van der Waals surface area contributed by atoms with E-state index in [9.17, 15) is 9.59 Å². The second-order valence-corrected chi connectivity index (χ2v) is 4.15. The third-order valence-electron chi connectivity index (χ3n) is 3.47. The molecule has 0 aromatic carbocycles. The van der Waals surface area contributed by atoms with Crippen LogP contribution in [0.15, 0.2) is 10.2 Å². The van der Waals surface area contributed by atoms with E-state index < -0.39 is 28.9 Å². The molecule has 0 fully saturated rings. The molecule has 0 aliphatic carbocycles. The van der Waals surface area contributed by atoms with Crippen LogP contribution in [0.4, 0.5) is 0 Å². The molecular weight excluding hydrogens is 212 g/mol. The number of rotatable bonds is 2. The molecular formula is C10H16N2O4. The van der Waals surface area contributed by atoms with Crippen LogP contribution in [0.25, 0.3) is 0 Å². The zero-order valence-electron chi connectivity index (χ0n) is 10.1. The highest BCUT2D eigenvalue weighted by atomic mass is 16.5. The van der Waals surface area contributed by atoms with Crippen molar-refractivity contribution in [2.45, 2.75) is 32.4 Å². The van der Waals surface area contributed by atoms with Crippen LogP contribution in [-0.4, -0.2) is 37.7 Å². The molecule has 1 rings (SSSR count). The van der Waals surface area contributed by atoms with Gasteiger partial charge >= 0.3 is 11.9 Å². The lowest BCUT2D eigenvalue weighted by Crippen LogP contribution is -2.55. The van der Waals surface area contributed by atoms with E-state index in [1.54, 1.807) is 13.8 Å². The van der Waals surface area contributed by atoms with Crippen LogP contribution in [0.5, 0.6) is 0 Å². The van der Waals surface area contributed by atoms with E-state index in [-0.39, 0.29) is 0 Å². The molecule has 0 N–H and O–H groups in total. The molecule has 0 amide bonds. The van der Waals surface area contributed by atoms with Gasteiger partial charge in [-0.15, -0.1) is 0 Å². The maximum Gasteiger partial charge on any atom is 0.336 e. The van der Waals surface area contributed by atoms with E-state index in [0.717, 1.165) is 0 Å². The van der Waals surface area contributed by atoms with Gasteiger partial charge in [-0.05, 0) is 20.8 Å². The average Bonchev–Trinajstić information content (AvgIpc) is 2.53. The van der Waals surface area contributed by atoms with Crippen molar-refractivity contribution in [3.63, 3.8) is 0 Å². The number of esters is 2. The van der Waals surface area contributed by atoms with Gasteiger partial charge in [0.05, 0.1) is 20.3 Å². The Balaban J connectivity index is 3.24. The van der Waals surface area contributed by atoms with Crippen molar-refractivity contribution in [3.8, 4) is 0 Å². The van der Waals surface area contributed by atoms with E-state index in [2.05, 4.69) is 15.0 Å². The number of hydrogen-bond donors (Lipinski definition) is 0. The van der Waals surface area contributed by atoms with Gasteiger partial charge < -0.3 is 9.47 Å². The molecule has 90 valence electrons. The highest BCUT2D eigenvalue weighted by Crippen LogP contribution is 2.46. The number of hydrogen-bond acceptors (Lipinski definition) is 6. The van der Waals surface area contributed by atoms with Crippen LogP contribution in [-0.2, 0) is 19.1 Å². The fraction of sp³-hybridized carbons (Fsp3) is 0.800. The van der Waals surface area contributed by atoms with Crippen LogP contribution >= 0.6 is 0 Å². The SMILES string of the molecule is COC(=O)C1(C)N=NC(C)C1(C)C(=O)OC. The Morgan fingerprint density at radius 2 is 1.62 bits per heavy atom. The average molecular weight is 228 g/mol. The molecule has 0 saturated carbocycles. The summed E-state index contributed by atoms with van der Waals surface area (Å²) in [6.45, 7) is 4.86. The monoisotopic (exact) mass is 228 g/mol. The van der Waals surface area contributed by atoms with Gasteiger partial charge in [0.15, 0.2) is 5.54 Å². The first-order valence-electron chi connectivity index (χ1n) is 4.93. The zero-order valence-corrected chi connectivity index (χ0v) is 10.1. The first kappa shape index (κ1) is 12.6. The maximum atomic E-state index is 11.8. The molecule has 0 radical (unpaired) electrons. The first-order chi connectivity index (χ1) is 7.34. The lowest BCUT2D eigenvalue weighted by atomic mass is 9.69. The Labute approximate surface area is 94.0 Å². The Hall–Kier alpha value is -1.46. The molecule has 3 unspecified atom stereocenters. The summed E-state index contributed by atoms with van der Waals surface area (Å²) in [5, 5.41) is 7.80. The molecule has 16 heavy (non-hydrogen) atoms. The minimum absolute atomic E-state index is 0.427. The third-order valence-corrected chi connectivity index (χ3v) is 3.47. The normalized spacial score (nSPS) is 37.2. The molecule has 1 aliphatic rings. The van der Waals surface area contributed by atoms with Gasteiger partial charge in [0.25, 0.3) is 0 Å². The maximum absolute atomic E-state index is 11.8. The van der Waals surface area contributed by atoms with Gasteiger partial charge in [0.1, 0.15) is 5.41 Å². The van der Waals surface area contributed by atoms with Crippen molar-refractivity contribution < 1.29 is 19.1 Å². The lowest BCUT2D eigenvalue weighted by Gasteiger charge is -2.34. The van der Waals surface area contributed by atoms with Gasteiger partial charge in [-0.3, -0.25) is 4.79 Å². The second-order valence-electron chi connectivity index (χ2n) is 4.15. The first-order valence-corrected chi connectivity index (χ1v) is 4.93. The third kappa shape index (κ3) is 1.32. The van der Waals surface area contributed by atoms with Gasteiger partial charge in [0, 0.05) is 0 Å². The summed E-state index contributed by atoms with van der Waals surface area (Å²) in [7, 11) is 2.53. The molecule has 0 bridgehead atoms. The summed E-state index contributed by atoms with van der Waals surface area (Å²) in [5.41, 5.74) is -2.46. The fourth-order valence-electron chi connectivity index (χ4n) is 1.86. The molecule has 0 aromatic heterocycles. The summed E-state index contributed by atoms with van der Waals surface area (Å²) in [6, 6.07) is -0.427. The molecule has 0 saturated heterocycles. The van der Waals surface area contributed by atoms with Crippen LogP contribution in [0.2, 0.25) is 0 Å². The fourth-order valence-corrected chi connectivity index (χ4v) is 1.86. The van der Waals surface area contributed by atoms with Gasteiger partial charge in [-0.1, -0.05) is 0 Å². The van der Waals surface area contributed by atoms with E-state index in [1.807, 2.05) is 0 Å². The standard InChI is InChI=1S/C10H16N2O4/c1-6-9(2,7(13)15-4)10(3,12-11-6)8(14)16-5/h6H,1-5H3. The minimum Gasteiger partial charge on any atom is -0.468 e. The minimum atomic E-state index is -1.33. The largest absolute Gasteiger partial charge is 0.468 e. The van der Waals surface area contributed by atoms with E-state index in [0.29, 0.717) is 0 Å². The van der Waals surface area contributed by atoms with Crippen molar-refractivity contribution in [1.29, 1.82) is 0 Å². The van der Waals surface area contributed by atoms with Crippen LogP contribution < -0.4 is 0 Å². The second kappa shape index (κ2) is 3.84. The Bertz CT molecular complexity index is 355. The van der Waals surface area contributed by atoms with Crippen LogP contribution in [0.1, 0.15) is 20.8 Å². The highest BCUT2D eigenvalue weighted by Gasteiger charge is 2.64. The molecule has 0 aromatic rings. The van der Waals surface area contributed by atoms with Gasteiger partial charge in [-0.2, -0.15) is 10.2 Å². The van der Waals surface area contributed by atoms with Crippen LogP contribution in [0, 0.1) is 5.41 Å².